The van der Waals surface area contributed by atoms with Crippen molar-refractivity contribution in [3.63, 3.8) is 0 Å². The summed E-state index contributed by atoms with van der Waals surface area (Å²) in [5.74, 6) is -1.18. The first-order valence-corrected chi connectivity index (χ1v) is 12.6. The van der Waals surface area contributed by atoms with Crippen molar-refractivity contribution in [1.82, 2.24) is 4.90 Å². The molecule has 2 heterocycles. The summed E-state index contributed by atoms with van der Waals surface area (Å²) in [6.45, 7) is 0. The van der Waals surface area contributed by atoms with Crippen LogP contribution in [-0.4, -0.2) is 44.1 Å². The van der Waals surface area contributed by atoms with Crippen LogP contribution in [0.3, 0.4) is 0 Å². The number of halogens is 1. The molecule has 39 heavy (non-hydrogen) atoms. The third-order valence-corrected chi connectivity index (χ3v) is 7.68. The van der Waals surface area contributed by atoms with E-state index >= 15 is 0 Å². The molecule has 3 aromatic carbocycles. The summed E-state index contributed by atoms with van der Waals surface area (Å²) in [7, 11) is 4.27. The molecule has 1 fully saturated rings. The van der Waals surface area contributed by atoms with Crippen LogP contribution in [0.1, 0.15) is 28.7 Å². The fourth-order valence-corrected chi connectivity index (χ4v) is 5.89. The van der Waals surface area contributed by atoms with Gasteiger partial charge in [0.05, 0.1) is 33.4 Å². The number of ether oxygens (including phenoxy) is 3. The molecule has 9 heteroatoms. The van der Waals surface area contributed by atoms with Crippen LogP contribution in [0.2, 0.25) is 5.02 Å². The van der Waals surface area contributed by atoms with Gasteiger partial charge in [-0.25, -0.2) is 0 Å². The summed E-state index contributed by atoms with van der Waals surface area (Å²) >= 11 is 6.04. The van der Waals surface area contributed by atoms with Crippen molar-refractivity contribution in [3.8, 4) is 17.6 Å². The predicted molar refractivity (Wildman–Crippen MR) is 146 cm³/mol. The maximum absolute atomic E-state index is 14.1. The van der Waals surface area contributed by atoms with E-state index in [1.165, 1.54) is 21.3 Å². The number of nitriles is 1. The Morgan fingerprint density at radius 2 is 1.72 bits per heavy atom. The first-order chi connectivity index (χ1) is 18.9. The second-order valence-corrected chi connectivity index (χ2v) is 9.74. The maximum Gasteiger partial charge on any atom is 0.329 e. The van der Waals surface area contributed by atoms with Crippen LogP contribution in [0.15, 0.2) is 72.9 Å². The number of amides is 1. The smallest absolute Gasteiger partial charge is 0.329 e. The van der Waals surface area contributed by atoms with E-state index in [9.17, 15) is 14.9 Å². The number of fused-ring (bicyclic) bond motifs is 3. The number of carbonyl (C=O) groups is 2. The molecule has 8 nitrogen and oxygen atoms in total. The van der Waals surface area contributed by atoms with Gasteiger partial charge >= 0.3 is 5.97 Å². The summed E-state index contributed by atoms with van der Waals surface area (Å²) in [6.07, 6.45) is 3.65. The molecule has 3 aromatic rings. The van der Waals surface area contributed by atoms with E-state index in [1.807, 2.05) is 30.3 Å². The van der Waals surface area contributed by atoms with E-state index in [1.54, 1.807) is 53.6 Å². The van der Waals surface area contributed by atoms with Crippen molar-refractivity contribution >= 4 is 35.2 Å². The molecule has 5 rings (SSSR count). The molecule has 0 aliphatic carbocycles. The SMILES string of the molecule is COC(=O)[C@]1(C#N)[C@H](c2ccc(OC)c(OC)c2)[C@@H](C(=O)Nc2ccc(Cl)cc2)N2C=Cc3ccccc3[C@H]21. The summed E-state index contributed by atoms with van der Waals surface area (Å²) in [5, 5.41) is 14.3. The Bertz CT molecular complexity index is 1500. The molecule has 198 valence electrons. The first-order valence-electron chi connectivity index (χ1n) is 12.2. The van der Waals surface area contributed by atoms with Crippen molar-refractivity contribution in [2.45, 2.75) is 18.0 Å². The monoisotopic (exact) mass is 543 g/mol. The quantitative estimate of drug-likeness (QED) is 0.428. The zero-order valence-electron chi connectivity index (χ0n) is 21.6. The van der Waals surface area contributed by atoms with Crippen molar-refractivity contribution in [1.29, 1.82) is 5.26 Å². The highest BCUT2D eigenvalue weighted by Gasteiger charge is 2.68. The molecular formula is C30H26ClN3O5. The molecule has 0 unspecified atom stereocenters. The molecule has 0 saturated carbocycles. The lowest BCUT2D eigenvalue weighted by atomic mass is 9.67. The summed E-state index contributed by atoms with van der Waals surface area (Å²) in [5.41, 5.74) is 0.903. The first kappa shape index (κ1) is 26.1. The summed E-state index contributed by atoms with van der Waals surface area (Å²) in [6, 6.07) is 20.0. The number of rotatable bonds is 6. The number of nitrogens with zero attached hydrogens (tertiary/aromatic N) is 2. The molecule has 2 aliphatic rings. The van der Waals surface area contributed by atoms with Crippen LogP contribution >= 0.6 is 11.6 Å². The van der Waals surface area contributed by atoms with Gasteiger partial charge in [-0.05, 0) is 59.2 Å². The van der Waals surface area contributed by atoms with Gasteiger partial charge in [-0.3, -0.25) is 9.59 Å². The van der Waals surface area contributed by atoms with Crippen LogP contribution in [0.5, 0.6) is 11.5 Å². The number of esters is 1. The van der Waals surface area contributed by atoms with E-state index < -0.39 is 35.3 Å². The molecule has 0 spiro atoms. The highest BCUT2D eigenvalue weighted by Crippen LogP contribution is 2.61. The molecule has 0 bridgehead atoms. The van der Waals surface area contributed by atoms with Crippen LogP contribution < -0.4 is 14.8 Å². The number of carbonyl (C=O) groups excluding carboxylic acids is 2. The Morgan fingerprint density at radius 3 is 2.38 bits per heavy atom. The predicted octanol–water partition coefficient (Wildman–Crippen LogP) is 5.17. The number of methoxy groups -OCH3 is 3. The lowest BCUT2D eigenvalue weighted by Gasteiger charge is -2.35. The molecule has 0 radical (unpaired) electrons. The highest BCUT2D eigenvalue weighted by atomic mass is 35.5. The van der Waals surface area contributed by atoms with E-state index in [0.717, 1.165) is 11.1 Å². The molecule has 1 saturated heterocycles. The largest absolute Gasteiger partial charge is 0.493 e. The average Bonchev–Trinajstić information content (AvgIpc) is 3.29. The van der Waals surface area contributed by atoms with Gasteiger partial charge in [-0.2, -0.15) is 5.26 Å². The number of anilines is 1. The Morgan fingerprint density at radius 1 is 1.00 bits per heavy atom. The van der Waals surface area contributed by atoms with Crippen molar-refractivity contribution in [2.75, 3.05) is 26.6 Å². The van der Waals surface area contributed by atoms with Crippen LogP contribution in [0, 0.1) is 16.7 Å². The maximum atomic E-state index is 14.1. The topological polar surface area (TPSA) is 101 Å². The zero-order chi connectivity index (χ0) is 27.7. The standard InChI is InChI=1S/C30H26ClN3O5/c1-37-23-13-8-19(16-24(23)38-2)25-26(28(35)33-21-11-9-20(31)10-12-21)34-15-14-18-6-4-5-7-22(18)27(34)30(25,17-32)29(36)39-3/h4-16,25-27H,1-3H3,(H,33,35)/t25-,26+,27+,30-/m1/s1. The Kier molecular flexibility index (Phi) is 6.94. The van der Waals surface area contributed by atoms with Crippen LogP contribution in [-0.2, 0) is 14.3 Å². The van der Waals surface area contributed by atoms with Crippen molar-refractivity contribution in [2.24, 2.45) is 5.41 Å². The number of hydrogen-bond acceptors (Lipinski definition) is 7. The average molecular weight is 544 g/mol. The van der Waals surface area contributed by atoms with Crippen LogP contribution in [0.25, 0.3) is 6.08 Å². The number of nitrogens with one attached hydrogen (secondary N) is 1. The Labute approximate surface area is 231 Å². The Hall–Kier alpha value is -4.48. The zero-order valence-corrected chi connectivity index (χ0v) is 22.3. The second kappa shape index (κ2) is 10.4. The van der Waals surface area contributed by atoms with Gasteiger partial charge in [0, 0.05) is 22.8 Å². The highest BCUT2D eigenvalue weighted by molar-refractivity contribution is 6.30. The fraction of sp³-hybridized carbons (Fsp3) is 0.233. The molecule has 4 atom stereocenters. The minimum Gasteiger partial charge on any atom is -0.493 e. The van der Waals surface area contributed by atoms with E-state index in [4.69, 9.17) is 25.8 Å². The summed E-state index contributed by atoms with van der Waals surface area (Å²) in [4.78, 5) is 29.7. The minimum absolute atomic E-state index is 0.396. The van der Waals surface area contributed by atoms with Crippen LogP contribution in [0.4, 0.5) is 5.69 Å². The number of benzene rings is 3. The van der Waals surface area contributed by atoms with Gasteiger partial charge in [0.15, 0.2) is 16.9 Å². The second-order valence-electron chi connectivity index (χ2n) is 9.30. The normalized spacial score (nSPS) is 22.7. The molecule has 2 aliphatic heterocycles. The third-order valence-electron chi connectivity index (χ3n) is 7.43. The lowest BCUT2D eigenvalue weighted by molar-refractivity contribution is -0.151. The van der Waals surface area contributed by atoms with E-state index in [2.05, 4.69) is 11.4 Å². The van der Waals surface area contributed by atoms with Gasteiger partial charge in [0.25, 0.3) is 0 Å². The van der Waals surface area contributed by atoms with E-state index in [-0.39, 0.29) is 0 Å². The molecule has 1 N–H and O–H groups in total. The Balaban J connectivity index is 1.75. The van der Waals surface area contributed by atoms with Gasteiger partial charge in [-0.1, -0.05) is 41.9 Å². The van der Waals surface area contributed by atoms with Gasteiger partial charge in [-0.15, -0.1) is 0 Å². The lowest BCUT2D eigenvalue weighted by Crippen LogP contribution is -2.42. The van der Waals surface area contributed by atoms with Crippen molar-refractivity contribution < 1.29 is 23.8 Å². The van der Waals surface area contributed by atoms with E-state index in [0.29, 0.717) is 27.8 Å². The van der Waals surface area contributed by atoms with Crippen molar-refractivity contribution in [3.05, 3.63) is 94.6 Å². The fourth-order valence-electron chi connectivity index (χ4n) is 5.76. The number of hydrogen-bond donors (Lipinski definition) is 1. The van der Waals surface area contributed by atoms with Gasteiger partial charge in [0.2, 0.25) is 5.91 Å². The third kappa shape index (κ3) is 4.16. The molecular weight excluding hydrogens is 518 g/mol. The van der Waals surface area contributed by atoms with Gasteiger partial charge in [0.1, 0.15) is 6.04 Å². The van der Waals surface area contributed by atoms with Gasteiger partial charge < -0.3 is 24.4 Å². The molecule has 1 amide bonds. The summed E-state index contributed by atoms with van der Waals surface area (Å²) < 4.78 is 16.2. The minimum atomic E-state index is -1.78. The molecule has 0 aromatic heterocycles.